The zero-order valence-corrected chi connectivity index (χ0v) is 13.7. The quantitative estimate of drug-likeness (QED) is 0.858. The van der Waals surface area contributed by atoms with Gasteiger partial charge in [-0.05, 0) is 36.3 Å². The van der Waals surface area contributed by atoms with Crippen molar-refractivity contribution in [2.45, 2.75) is 19.5 Å². The minimum absolute atomic E-state index is 0.0960. The van der Waals surface area contributed by atoms with Crippen molar-refractivity contribution in [1.82, 2.24) is 9.97 Å². The first-order chi connectivity index (χ1) is 11.8. The Morgan fingerprint density at radius 1 is 1.20 bits per heavy atom. The molecule has 0 aliphatic heterocycles. The Bertz CT molecular complexity index is 814. The first kappa shape index (κ1) is 18.6. The smallest absolute Gasteiger partial charge is 0.431 e. The van der Waals surface area contributed by atoms with E-state index in [4.69, 9.17) is 9.47 Å². The largest absolute Gasteiger partial charge is 0.493 e. The highest BCUT2D eigenvalue weighted by molar-refractivity contribution is 5.69. The van der Waals surface area contributed by atoms with Crippen LogP contribution in [0.3, 0.4) is 0 Å². The summed E-state index contributed by atoms with van der Waals surface area (Å²) in [6, 6.07) is 5.88. The number of aromatic amines is 1. The lowest BCUT2D eigenvalue weighted by Gasteiger charge is -2.10. The number of halogens is 3. The molecule has 0 saturated heterocycles. The van der Waals surface area contributed by atoms with Gasteiger partial charge in [0.05, 0.1) is 19.4 Å². The van der Waals surface area contributed by atoms with Gasteiger partial charge >= 0.3 is 11.9 Å². The van der Waals surface area contributed by atoms with Crippen LogP contribution in [0.2, 0.25) is 0 Å². The Morgan fingerprint density at radius 3 is 2.60 bits per heavy atom. The van der Waals surface area contributed by atoms with E-state index in [0.29, 0.717) is 23.7 Å². The van der Waals surface area contributed by atoms with Crippen molar-refractivity contribution in [3.05, 3.63) is 51.7 Å². The lowest BCUT2D eigenvalue weighted by Crippen LogP contribution is -2.19. The van der Waals surface area contributed by atoms with Crippen molar-refractivity contribution in [3.63, 3.8) is 0 Å². The van der Waals surface area contributed by atoms with E-state index in [2.05, 4.69) is 4.98 Å². The average molecular weight is 354 g/mol. The van der Waals surface area contributed by atoms with Crippen LogP contribution >= 0.6 is 0 Å². The van der Waals surface area contributed by atoms with Gasteiger partial charge in [0.2, 0.25) is 0 Å². The van der Waals surface area contributed by atoms with Crippen molar-refractivity contribution in [1.29, 1.82) is 0 Å². The molecule has 5 nitrogen and oxygen atoms in total. The van der Waals surface area contributed by atoms with E-state index in [9.17, 15) is 18.0 Å². The summed E-state index contributed by atoms with van der Waals surface area (Å²) in [4.78, 5) is 16.5. The van der Waals surface area contributed by atoms with E-state index in [1.807, 2.05) is 6.92 Å². The molecule has 0 spiro atoms. The highest BCUT2D eigenvalue weighted by Crippen LogP contribution is 2.29. The molecule has 0 amide bonds. The predicted molar refractivity (Wildman–Crippen MR) is 87.6 cm³/mol. The fourth-order valence-corrected chi connectivity index (χ4v) is 2.02. The van der Waals surface area contributed by atoms with Crippen LogP contribution in [0, 0.1) is 0 Å². The third-order valence-corrected chi connectivity index (χ3v) is 3.17. The van der Waals surface area contributed by atoms with Crippen molar-refractivity contribution in [2.75, 3.05) is 13.7 Å². The van der Waals surface area contributed by atoms with Gasteiger partial charge in [-0.15, -0.1) is 0 Å². The zero-order valence-electron chi connectivity index (χ0n) is 13.7. The number of benzene rings is 1. The summed E-state index contributed by atoms with van der Waals surface area (Å²) < 4.78 is 48.9. The molecule has 0 aliphatic rings. The second-order valence-corrected chi connectivity index (χ2v) is 5.11. The number of rotatable bonds is 6. The van der Waals surface area contributed by atoms with E-state index in [1.165, 1.54) is 19.3 Å². The lowest BCUT2D eigenvalue weighted by atomic mass is 10.1. The van der Waals surface area contributed by atoms with Crippen molar-refractivity contribution in [3.8, 4) is 11.5 Å². The molecular weight excluding hydrogens is 337 g/mol. The van der Waals surface area contributed by atoms with E-state index in [-0.39, 0.29) is 5.69 Å². The Balaban J connectivity index is 2.27. The van der Waals surface area contributed by atoms with Gasteiger partial charge in [-0.2, -0.15) is 18.2 Å². The Labute approximate surface area is 142 Å². The van der Waals surface area contributed by atoms with Crippen molar-refractivity contribution >= 4 is 12.2 Å². The molecule has 0 saturated carbocycles. The maximum Gasteiger partial charge on any atom is 0.431 e. The summed E-state index contributed by atoms with van der Waals surface area (Å²) in [5, 5.41) is 0. The number of alkyl halides is 3. The molecule has 0 fully saturated rings. The SMILES string of the molecule is CCCOc1ccc(/C=C/c2cc(C(F)(F)F)[nH]c(=O)n2)cc1OC. The number of H-pyrrole nitrogens is 1. The number of methoxy groups -OCH3 is 1. The van der Waals surface area contributed by atoms with Gasteiger partial charge < -0.3 is 14.5 Å². The summed E-state index contributed by atoms with van der Waals surface area (Å²) in [5.74, 6) is 1.08. The lowest BCUT2D eigenvalue weighted by molar-refractivity contribution is -0.141. The molecule has 0 radical (unpaired) electrons. The Kier molecular flexibility index (Phi) is 5.84. The third kappa shape index (κ3) is 5.10. The highest BCUT2D eigenvalue weighted by atomic mass is 19.4. The second kappa shape index (κ2) is 7.87. The molecule has 1 N–H and O–H groups in total. The van der Waals surface area contributed by atoms with Crippen LogP contribution in [-0.2, 0) is 6.18 Å². The van der Waals surface area contributed by atoms with E-state index < -0.39 is 17.6 Å². The van der Waals surface area contributed by atoms with Crippen LogP contribution < -0.4 is 15.2 Å². The minimum atomic E-state index is -4.65. The fraction of sp³-hybridized carbons (Fsp3) is 0.294. The van der Waals surface area contributed by atoms with Gasteiger partial charge in [0.15, 0.2) is 11.5 Å². The molecule has 0 atom stereocenters. The molecule has 2 rings (SSSR count). The molecule has 25 heavy (non-hydrogen) atoms. The highest BCUT2D eigenvalue weighted by Gasteiger charge is 2.32. The maximum absolute atomic E-state index is 12.7. The Morgan fingerprint density at radius 2 is 1.96 bits per heavy atom. The molecule has 2 aromatic rings. The molecule has 8 heteroatoms. The maximum atomic E-state index is 12.7. The summed E-state index contributed by atoms with van der Waals surface area (Å²) in [7, 11) is 1.50. The molecule has 1 aromatic heterocycles. The normalized spacial score (nSPS) is 11.7. The van der Waals surface area contributed by atoms with E-state index >= 15 is 0 Å². The number of ether oxygens (including phenoxy) is 2. The van der Waals surface area contributed by atoms with Gasteiger partial charge in [0.1, 0.15) is 5.69 Å². The van der Waals surface area contributed by atoms with E-state index in [0.717, 1.165) is 12.5 Å². The average Bonchev–Trinajstić information content (AvgIpc) is 2.57. The topological polar surface area (TPSA) is 64.2 Å². The molecular formula is C17H17F3N2O3. The number of nitrogens with one attached hydrogen (secondary N) is 1. The molecule has 0 bridgehead atoms. The van der Waals surface area contributed by atoms with Crippen LogP contribution in [0.15, 0.2) is 29.1 Å². The number of hydrogen-bond donors (Lipinski definition) is 1. The van der Waals surface area contributed by atoms with Gasteiger partial charge in [0.25, 0.3) is 0 Å². The Hall–Kier alpha value is -2.77. The molecule has 0 aliphatic carbocycles. The van der Waals surface area contributed by atoms with Crippen LogP contribution in [-0.4, -0.2) is 23.7 Å². The monoisotopic (exact) mass is 354 g/mol. The minimum Gasteiger partial charge on any atom is -0.493 e. The number of aromatic nitrogens is 2. The van der Waals surface area contributed by atoms with Gasteiger partial charge in [-0.1, -0.05) is 19.1 Å². The number of nitrogens with zero attached hydrogens (tertiary/aromatic N) is 1. The van der Waals surface area contributed by atoms with Crippen molar-refractivity contribution in [2.24, 2.45) is 0 Å². The third-order valence-electron chi connectivity index (χ3n) is 3.17. The first-order valence-electron chi connectivity index (χ1n) is 7.51. The van der Waals surface area contributed by atoms with E-state index in [1.54, 1.807) is 23.2 Å². The summed E-state index contributed by atoms with van der Waals surface area (Å²) in [6.07, 6.45) is -0.938. The molecule has 134 valence electrons. The number of hydrogen-bond acceptors (Lipinski definition) is 4. The standard InChI is InChI=1S/C17H17F3N2O3/c1-3-8-25-13-7-5-11(9-14(13)24-2)4-6-12-10-15(17(18,19)20)22-16(23)21-12/h4-7,9-10H,3,8H2,1-2H3,(H,21,22,23)/b6-4+. The van der Waals surface area contributed by atoms with Crippen LogP contribution in [0.1, 0.15) is 30.3 Å². The summed E-state index contributed by atoms with van der Waals surface area (Å²) in [5.41, 5.74) is -1.64. The van der Waals surface area contributed by atoms with Crippen LogP contribution in [0.5, 0.6) is 11.5 Å². The van der Waals surface area contributed by atoms with Crippen LogP contribution in [0.4, 0.5) is 13.2 Å². The predicted octanol–water partition coefficient (Wildman–Crippen LogP) is 3.76. The summed E-state index contributed by atoms with van der Waals surface area (Å²) in [6.45, 7) is 2.52. The van der Waals surface area contributed by atoms with Crippen molar-refractivity contribution < 1.29 is 22.6 Å². The fourth-order valence-electron chi connectivity index (χ4n) is 2.02. The summed E-state index contributed by atoms with van der Waals surface area (Å²) >= 11 is 0. The molecule has 0 unspecified atom stereocenters. The van der Waals surface area contributed by atoms with Gasteiger partial charge in [0, 0.05) is 0 Å². The van der Waals surface area contributed by atoms with Gasteiger partial charge in [-0.3, -0.25) is 0 Å². The molecule has 1 aromatic carbocycles. The van der Waals surface area contributed by atoms with Gasteiger partial charge in [-0.25, -0.2) is 4.79 Å². The van der Waals surface area contributed by atoms with Crippen LogP contribution in [0.25, 0.3) is 12.2 Å². The first-order valence-corrected chi connectivity index (χ1v) is 7.51. The second-order valence-electron chi connectivity index (χ2n) is 5.11. The molecule has 1 heterocycles. The zero-order chi connectivity index (χ0) is 18.4.